The van der Waals surface area contributed by atoms with Crippen LogP contribution in [-0.4, -0.2) is 22.0 Å². The summed E-state index contributed by atoms with van der Waals surface area (Å²) in [4.78, 5) is 5.88. The Kier molecular flexibility index (Phi) is 4.13. The third-order valence-electron chi connectivity index (χ3n) is 4.78. The van der Waals surface area contributed by atoms with Crippen LogP contribution >= 0.6 is 11.3 Å². The van der Waals surface area contributed by atoms with Gasteiger partial charge in [-0.15, -0.1) is 11.3 Å². The molecule has 20 heavy (non-hydrogen) atoms. The van der Waals surface area contributed by atoms with Crippen LogP contribution in [0, 0.1) is 5.41 Å². The quantitative estimate of drug-likeness (QED) is 0.875. The first-order chi connectivity index (χ1) is 9.71. The molecule has 2 aromatic heterocycles. The number of thiazole rings is 1. The molecule has 1 aliphatic rings. The average Bonchev–Trinajstić information content (AvgIpc) is 3.10. The number of hydrogen-bond acceptors (Lipinski definition) is 3. The molecule has 1 N–H and O–H groups in total. The average molecular weight is 291 g/mol. The van der Waals surface area contributed by atoms with E-state index in [2.05, 4.69) is 41.3 Å². The molecular weight excluding hydrogens is 266 g/mol. The molecule has 3 nitrogen and oxygen atoms in total. The van der Waals surface area contributed by atoms with Crippen LogP contribution in [0.25, 0.3) is 4.96 Å². The van der Waals surface area contributed by atoms with Crippen LogP contribution < -0.4 is 5.32 Å². The van der Waals surface area contributed by atoms with Crippen LogP contribution in [0.5, 0.6) is 0 Å². The normalized spacial score (nSPS) is 19.7. The summed E-state index contributed by atoms with van der Waals surface area (Å²) in [5.74, 6) is 0. The number of hydrogen-bond donors (Lipinski definition) is 1. The van der Waals surface area contributed by atoms with E-state index in [1.54, 1.807) is 11.3 Å². The highest BCUT2D eigenvalue weighted by molar-refractivity contribution is 7.15. The number of aromatic nitrogens is 2. The molecule has 1 atom stereocenters. The lowest BCUT2D eigenvalue weighted by Crippen LogP contribution is -2.44. The minimum atomic E-state index is 0.451. The van der Waals surface area contributed by atoms with Crippen LogP contribution in [0.4, 0.5) is 0 Å². The number of rotatable bonds is 6. The fourth-order valence-electron chi connectivity index (χ4n) is 3.50. The SMILES string of the molecule is CCCNC(Cc1cn2ccsc2n1)C1(C)CCCC1. The Morgan fingerprint density at radius 2 is 2.25 bits per heavy atom. The molecule has 0 bridgehead atoms. The smallest absolute Gasteiger partial charge is 0.193 e. The minimum absolute atomic E-state index is 0.451. The molecule has 1 fully saturated rings. The van der Waals surface area contributed by atoms with Gasteiger partial charge < -0.3 is 5.32 Å². The molecule has 1 saturated carbocycles. The molecule has 0 saturated heterocycles. The second-order valence-corrected chi connectivity index (χ2v) is 7.27. The Labute approximate surface area is 125 Å². The van der Waals surface area contributed by atoms with Gasteiger partial charge in [-0.1, -0.05) is 26.7 Å². The van der Waals surface area contributed by atoms with Crippen LogP contribution in [0.2, 0.25) is 0 Å². The summed E-state index contributed by atoms with van der Waals surface area (Å²) in [5, 5.41) is 5.89. The third-order valence-corrected chi connectivity index (χ3v) is 5.55. The highest BCUT2D eigenvalue weighted by Gasteiger charge is 2.36. The lowest BCUT2D eigenvalue weighted by molar-refractivity contribution is 0.218. The molecular formula is C16H25N3S. The van der Waals surface area contributed by atoms with Crippen LogP contribution in [0.15, 0.2) is 17.8 Å². The van der Waals surface area contributed by atoms with E-state index in [0.717, 1.165) is 17.9 Å². The predicted molar refractivity (Wildman–Crippen MR) is 85.4 cm³/mol. The zero-order valence-corrected chi connectivity index (χ0v) is 13.4. The van der Waals surface area contributed by atoms with Crippen molar-refractivity contribution in [3.63, 3.8) is 0 Å². The van der Waals surface area contributed by atoms with Crippen molar-refractivity contribution < 1.29 is 0 Å². The minimum Gasteiger partial charge on any atom is -0.313 e. The van der Waals surface area contributed by atoms with Crippen LogP contribution in [0.3, 0.4) is 0 Å². The molecule has 0 radical (unpaired) electrons. The van der Waals surface area contributed by atoms with Gasteiger partial charge in [0.25, 0.3) is 0 Å². The summed E-state index contributed by atoms with van der Waals surface area (Å²) >= 11 is 1.72. The highest BCUT2D eigenvalue weighted by atomic mass is 32.1. The summed E-state index contributed by atoms with van der Waals surface area (Å²) in [6.45, 7) is 5.82. The first-order valence-corrected chi connectivity index (χ1v) is 8.74. The number of nitrogens with one attached hydrogen (secondary N) is 1. The van der Waals surface area contributed by atoms with Gasteiger partial charge in [-0.2, -0.15) is 0 Å². The van der Waals surface area contributed by atoms with E-state index in [1.165, 1.54) is 37.8 Å². The maximum absolute atomic E-state index is 4.76. The van der Waals surface area contributed by atoms with Crippen molar-refractivity contribution >= 4 is 16.3 Å². The monoisotopic (exact) mass is 291 g/mol. The van der Waals surface area contributed by atoms with E-state index in [0.29, 0.717) is 11.5 Å². The van der Waals surface area contributed by atoms with E-state index < -0.39 is 0 Å². The molecule has 3 rings (SSSR count). The summed E-state index contributed by atoms with van der Waals surface area (Å²) in [5.41, 5.74) is 1.69. The zero-order chi connectivity index (χ0) is 14.0. The van der Waals surface area contributed by atoms with Crippen molar-refractivity contribution in [1.29, 1.82) is 0 Å². The first-order valence-electron chi connectivity index (χ1n) is 7.86. The van der Waals surface area contributed by atoms with Crippen molar-refractivity contribution in [2.24, 2.45) is 5.41 Å². The fraction of sp³-hybridized carbons (Fsp3) is 0.688. The Bertz CT molecular complexity index is 522. The second kappa shape index (κ2) is 5.86. The Morgan fingerprint density at radius 1 is 1.45 bits per heavy atom. The van der Waals surface area contributed by atoms with E-state index in [-0.39, 0.29) is 0 Å². The van der Waals surface area contributed by atoms with E-state index in [4.69, 9.17) is 4.98 Å². The summed E-state index contributed by atoms with van der Waals surface area (Å²) in [7, 11) is 0. The molecule has 0 aromatic carbocycles. The third kappa shape index (κ3) is 2.77. The molecule has 0 amide bonds. The topological polar surface area (TPSA) is 29.3 Å². The number of fused-ring (bicyclic) bond motifs is 1. The van der Waals surface area contributed by atoms with Gasteiger partial charge in [0.1, 0.15) is 0 Å². The molecule has 1 unspecified atom stereocenters. The lowest BCUT2D eigenvalue weighted by atomic mass is 9.78. The summed E-state index contributed by atoms with van der Waals surface area (Å²) < 4.78 is 2.15. The van der Waals surface area contributed by atoms with Gasteiger partial charge in [0, 0.05) is 30.2 Å². The first kappa shape index (κ1) is 14.1. The van der Waals surface area contributed by atoms with Gasteiger partial charge in [-0.05, 0) is 31.2 Å². The summed E-state index contributed by atoms with van der Waals surface area (Å²) in [6.07, 6.45) is 12.0. The Hall–Kier alpha value is -0.870. The van der Waals surface area contributed by atoms with Crippen LogP contribution in [0.1, 0.15) is 51.6 Å². The van der Waals surface area contributed by atoms with Crippen molar-refractivity contribution in [3.05, 3.63) is 23.5 Å². The molecule has 1 aliphatic carbocycles. The van der Waals surface area contributed by atoms with Gasteiger partial charge in [0.15, 0.2) is 4.96 Å². The van der Waals surface area contributed by atoms with E-state index in [9.17, 15) is 0 Å². The van der Waals surface area contributed by atoms with E-state index >= 15 is 0 Å². The maximum Gasteiger partial charge on any atom is 0.193 e. The van der Waals surface area contributed by atoms with Crippen molar-refractivity contribution in [3.8, 4) is 0 Å². The number of nitrogens with zero attached hydrogens (tertiary/aromatic N) is 2. The molecule has 110 valence electrons. The second-order valence-electron chi connectivity index (χ2n) is 6.40. The predicted octanol–water partition coefficient (Wildman–Crippen LogP) is 3.89. The zero-order valence-electron chi connectivity index (χ0n) is 12.6. The van der Waals surface area contributed by atoms with Gasteiger partial charge in [-0.25, -0.2) is 4.98 Å². The Morgan fingerprint density at radius 3 is 2.95 bits per heavy atom. The molecule has 2 aromatic rings. The fourth-order valence-corrected chi connectivity index (χ4v) is 4.22. The molecule has 4 heteroatoms. The lowest BCUT2D eigenvalue weighted by Gasteiger charge is -2.34. The van der Waals surface area contributed by atoms with Crippen molar-refractivity contribution in [2.45, 2.75) is 58.4 Å². The largest absolute Gasteiger partial charge is 0.313 e. The molecule has 0 spiro atoms. The van der Waals surface area contributed by atoms with Gasteiger partial charge >= 0.3 is 0 Å². The van der Waals surface area contributed by atoms with Gasteiger partial charge in [0.2, 0.25) is 0 Å². The molecule has 0 aliphatic heterocycles. The maximum atomic E-state index is 4.76. The number of imidazole rings is 1. The van der Waals surface area contributed by atoms with Crippen LogP contribution in [-0.2, 0) is 6.42 Å². The van der Waals surface area contributed by atoms with Gasteiger partial charge in [0.05, 0.1) is 5.69 Å². The Balaban J connectivity index is 1.76. The molecule has 2 heterocycles. The highest BCUT2D eigenvalue weighted by Crippen LogP contribution is 2.41. The standard InChI is InChI=1S/C16H25N3S/c1-3-8-17-14(16(2)6-4-5-7-16)11-13-12-19-9-10-20-15(19)18-13/h9-10,12,14,17H,3-8,11H2,1-2H3. The summed E-state index contributed by atoms with van der Waals surface area (Å²) in [6, 6.07) is 0.564. The van der Waals surface area contributed by atoms with Crippen molar-refractivity contribution in [1.82, 2.24) is 14.7 Å². The van der Waals surface area contributed by atoms with E-state index in [1.807, 2.05) is 0 Å². The van der Waals surface area contributed by atoms with Crippen molar-refractivity contribution in [2.75, 3.05) is 6.54 Å². The van der Waals surface area contributed by atoms with Gasteiger partial charge in [-0.3, -0.25) is 4.40 Å².